The van der Waals surface area contributed by atoms with Crippen molar-refractivity contribution in [3.05, 3.63) is 0 Å². The Morgan fingerprint density at radius 1 is 1.58 bits per heavy atom. The third-order valence-corrected chi connectivity index (χ3v) is 3.47. The smallest absolute Gasteiger partial charge is 0.0636 e. The van der Waals surface area contributed by atoms with Crippen LogP contribution in [0.4, 0.5) is 0 Å². The fourth-order valence-corrected chi connectivity index (χ4v) is 2.63. The molecule has 0 aromatic heterocycles. The Balaban J connectivity index is 2.13. The summed E-state index contributed by atoms with van der Waals surface area (Å²) in [4.78, 5) is 0. The van der Waals surface area contributed by atoms with Crippen LogP contribution in [0, 0.1) is 0 Å². The van der Waals surface area contributed by atoms with Crippen LogP contribution in [-0.4, -0.2) is 39.5 Å². The molecular weight excluding hydrogens is 174 g/mol. The lowest BCUT2D eigenvalue weighted by molar-refractivity contribution is 0.185. The van der Waals surface area contributed by atoms with Crippen LogP contribution in [0.5, 0.6) is 0 Å². The van der Waals surface area contributed by atoms with E-state index < -0.39 is 10.8 Å². The van der Waals surface area contributed by atoms with Gasteiger partial charge >= 0.3 is 0 Å². The van der Waals surface area contributed by atoms with Gasteiger partial charge in [0.25, 0.3) is 0 Å². The molecule has 12 heavy (non-hydrogen) atoms. The molecule has 1 saturated heterocycles. The van der Waals surface area contributed by atoms with Gasteiger partial charge in [0.05, 0.1) is 6.10 Å². The van der Waals surface area contributed by atoms with Crippen molar-refractivity contribution in [2.75, 3.05) is 18.1 Å². The Bertz CT molecular complexity index is 151. The van der Waals surface area contributed by atoms with Crippen molar-refractivity contribution in [3.63, 3.8) is 0 Å². The zero-order valence-electron chi connectivity index (χ0n) is 7.45. The summed E-state index contributed by atoms with van der Waals surface area (Å²) < 4.78 is 11.0. The fourth-order valence-electron chi connectivity index (χ4n) is 1.34. The van der Waals surface area contributed by atoms with Crippen LogP contribution in [0.3, 0.4) is 0 Å². The molecule has 0 aromatic rings. The Kier molecular flexibility index (Phi) is 4.18. The van der Waals surface area contributed by atoms with Crippen LogP contribution in [0.2, 0.25) is 0 Å². The largest absolute Gasteiger partial charge is 0.392 e. The van der Waals surface area contributed by atoms with Crippen LogP contribution in [0.15, 0.2) is 0 Å². The number of nitrogens with one attached hydrogen (secondary N) is 1. The molecular formula is C8H17NO2S. The second-order valence-electron chi connectivity index (χ2n) is 3.38. The summed E-state index contributed by atoms with van der Waals surface area (Å²) in [6.45, 7) is 2.42. The van der Waals surface area contributed by atoms with Crippen LogP contribution in [0.25, 0.3) is 0 Å². The third-order valence-electron chi connectivity index (χ3n) is 2.09. The second-order valence-corrected chi connectivity index (χ2v) is 5.08. The second kappa shape index (κ2) is 4.94. The van der Waals surface area contributed by atoms with Crippen LogP contribution in [-0.2, 0) is 10.8 Å². The van der Waals surface area contributed by atoms with E-state index in [2.05, 4.69) is 5.32 Å². The summed E-state index contributed by atoms with van der Waals surface area (Å²) in [6, 6.07) is 0.470. The molecule has 0 radical (unpaired) electrons. The molecule has 3 nitrogen and oxygen atoms in total. The van der Waals surface area contributed by atoms with E-state index in [1.54, 1.807) is 6.92 Å². The van der Waals surface area contributed by atoms with Gasteiger partial charge in [-0.3, -0.25) is 4.21 Å². The molecule has 1 aliphatic rings. The first-order chi connectivity index (χ1) is 5.68. The van der Waals surface area contributed by atoms with Gasteiger partial charge in [-0.05, 0) is 19.8 Å². The predicted molar refractivity (Wildman–Crippen MR) is 50.6 cm³/mol. The van der Waals surface area contributed by atoms with Gasteiger partial charge in [0.15, 0.2) is 0 Å². The molecule has 0 amide bonds. The van der Waals surface area contributed by atoms with Gasteiger partial charge in [0, 0.05) is 34.9 Å². The summed E-state index contributed by atoms with van der Waals surface area (Å²) >= 11 is 0. The van der Waals surface area contributed by atoms with Crippen molar-refractivity contribution in [3.8, 4) is 0 Å². The average molecular weight is 191 g/mol. The molecule has 0 bridgehead atoms. The van der Waals surface area contributed by atoms with Crippen molar-refractivity contribution in [1.82, 2.24) is 5.32 Å². The molecule has 0 aliphatic carbocycles. The van der Waals surface area contributed by atoms with Gasteiger partial charge < -0.3 is 10.4 Å². The molecule has 0 spiro atoms. The SMILES string of the molecule is C[C@@H](O)CNC1CCS(=O)CC1. The molecule has 72 valence electrons. The van der Waals surface area contributed by atoms with E-state index >= 15 is 0 Å². The molecule has 1 fully saturated rings. The summed E-state index contributed by atoms with van der Waals surface area (Å²) in [5.41, 5.74) is 0. The average Bonchev–Trinajstić information content (AvgIpc) is 2.03. The van der Waals surface area contributed by atoms with Gasteiger partial charge in [-0.2, -0.15) is 0 Å². The monoisotopic (exact) mass is 191 g/mol. The minimum atomic E-state index is -0.578. The van der Waals surface area contributed by atoms with E-state index in [0.717, 1.165) is 24.3 Å². The predicted octanol–water partition coefficient (Wildman–Crippen LogP) is -0.132. The van der Waals surface area contributed by atoms with Crippen LogP contribution >= 0.6 is 0 Å². The lowest BCUT2D eigenvalue weighted by Crippen LogP contribution is -2.39. The maximum Gasteiger partial charge on any atom is 0.0636 e. The highest BCUT2D eigenvalue weighted by atomic mass is 32.2. The molecule has 0 aromatic carbocycles. The molecule has 1 aliphatic heterocycles. The lowest BCUT2D eigenvalue weighted by atomic mass is 10.1. The van der Waals surface area contributed by atoms with Gasteiger partial charge in [-0.1, -0.05) is 0 Å². The highest BCUT2D eigenvalue weighted by molar-refractivity contribution is 7.85. The molecule has 4 heteroatoms. The highest BCUT2D eigenvalue weighted by Gasteiger charge is 2.17. The minimum Gasteiger partial charge on any atom is -0.392 e. The topological polar surface area (TPSA) is 49.3 Å². The summed E-state index contributed by atoms with van der Waals surface area (Å²) in [5.74, 6) is 1.63. The number of rotatable bonds is 3. The van der Waals surface area contributed by atoms with Gasteiger partial charge in [0.1, 0.15) is 0 Å². The Morgan fingerprint density at radius 3 is 2.67 bits per heavy atom. The van der Waals surface area contributed by atoms with Crippen LogP contribution < -0.4 is 5.32 Å². The van der Waals surface area contributed by atoms with Crippen molar-refractivity contribution in [2.24, 2.45) is 0 Å². The first kappa shape index (κ1) is 10.2. The van der Waals surface area contributed by atoms with Crippen molar-refractivity contribution >= 4 is 10.8 Å². The number of aliphatic hydroxyl groups excluding tert-OH is 1. The summed E-state index contributed by atoms with van der Waals surface area (Å²) in [6.07, 6.45) is 1.69. The lowest BCUT2D eigenvalue weighted by Gasteiger charge is -2.23. The molecule has 0 saturated carbocycles. The van der Waals surface area contributed by atoms with Gasteiger partial charge in [-0.25, -0.2) is 0 Å². The van der Waals surface area contributed by atoms with Crippen LogP contribution in [0.1, 0.15) is 19.8 Å². The number of hydrogen-bond donors (Lipinski definition) is 2. The van der Waals surface area contributed by atoms with E-state index in [1.807, 2.05) is 0 Å². The Labute approximate surface area is 76.0 Å². The quantitative estimate of drug-likeness (QED) is 0.653. The van der Waals surface area contributed by atoms with Crippen molar-refractivity contribution < 1.29 is 9.32 Å². The van der Waals surface area contributed by atoms with Crippen molar-refractivity contribution in [2.45, 2.75) is 31.9 Å². The Morgan fingerprint density at radius 2 is 2.17 bits per heavy atom. The van der Waals surface area contributed by atoms with E-state index in [1.165, 1.54) is 0 Å². The number of hydrogen-bond acceptors (Lipinski definition) is 3. The first-order valence-electron chi connectivity index (χ1n) is 4.45. The molecule has 1 atom stereocenters. The highest BCUT2D eigenvalue weighted by Crippen LogP contribution is 2.08. The fraction of sp³-hybridized carbons (Fsp3) is 1.00. The standard InChI is InChI=1S/C8H17NO2S/c1-7(10)6-9-8-2-4-12(11)5-3-8/h7-10H,2-6H2,1H3/t7-,8?,12?/m1/s1. The Hall–Kier alpha value is 0.0700. The summed E-state index contributed by atoms with van der Waals surface area (Å²) in [7, 11) is -0.578. The number of aliphatic hydroxyl groups is 1. The minimum absolute atomic E-state index is 0.280. The third kappa shape index (κ3) is 3.65. The van der Waals surface area contributed by atoms with Gasteiger partial charge in [-0.15, -0.1) is 0 Å². The molecule has 0 unspecified atom stereocenters. The van der Waals surface area contributed by atoms with E-state index in [4.69, 9.17) is 5.11 Å². The maximum atomic E-state index is 11.0. The van der Waals surface area contributed by atoms with E-state index in [9.17, 15) is 4.21 Å². The molecule has 1 heterocycles. The van der Waals surface area contributed by atoms with Gasteiger partial charge in [0.2, 0.25) is 0 Å². The zero-order valence-corrected chi connectivity index (χ0v) is 8.27. The first-order valence-corrected chi connectivity index (χ1v) is 5.93. The molecule has 2 N–H and O–H groups in total. The summed E-state index contributed by atoms with van der Waals surface area (Å²) in [5, 5.41) is 12.3. The van der Waals surface area contributed by atoms with E-state index in [-0.39, 0.29) is 6.10 Å². The maximum absolute atomic E-state index is 11.0. The molecule has 1 rings (SSSR count). The van der Waals surface area contributed by atoms with Crippen molar-refractivity contribution in [1.29, 1.82) is 0 Å². The normalized spacial score (nSPS) is 33.2. The zero-order chi connectivity index (χ0) is 8.97. The van der Waals surface area contributed by atoms with E-state index in [0.29, 0.717) is 12.6 Å².